The summed E-state index contributed by atoms with van der Waals surface area (Å²) in [5.74, 6) is 0.148. The van der Waals surface area contributed by atoms with Gasteiger partial charge in [-0.25, -0.2) is 4.79 Å². The fraction of sp³-hybridized carbons (Fsp3) is 0.556. The summed E-state index contributed by atoms with van der Waals surface area (Å²) >= 11 is 0. The summed E-state index contributed by atoms with van der Waals surface area (Å²) in [6.45, 7) is 5.32. The summed E-state index contributed by atoms with van der Waals surface area (Å²) < 4.78 is 1.67. The van der Waals surface area contributed by atoms with Crippen LogP contribution in [0.2, 0.25) is 0 Å². The highest BCUT2D eigenvalue weighted by Gasteiger charge is 2.35. The van der Waals surface area contributed by atoms with Crippen molar-refractivity contribution in [3.63, 3.8) is 0 Å². The molecule has 128 valence electrons. The Hall–Kier alpha value is -2.08. The molecule has 2 aliphatic rings. The van der Waals surface area contributed by atoms with Gasteiger partial charge in [0.15, 0.2) is 0 Å². The molecule has 1 amide bonds. The van der Waals surface area contributed by atoms with Crippen LogP contribution in [-0.4, -0.2) is 57.0 Å². The highest BCUT2D eigenvalue weighted by atomic mass is 16.2. The Bertz CT molecular complexity index is 805. The molecule has 6 nitrogen and oxygen atoms in total. The average Bonchev–Trinajstić information content (AvgIpc) is 3.36. The molecular formula is C18H24N4O2. The highest BCUT2D eigenvalue weighted by Crippen LogP contribution is 2.28. The highest BCUT2D eigenvalue weighted by molar-refractivity contribution is 5.78. The molecule has 24 heavy (non-hydrogen) atoms. The lowest BCUT2D eigenvalue weighted by Crippen LogP contribution is -2.54. The first kappa shape index (κ1) is 15.4. The number of H-pyrrole nitrogens is 1. The number of nitrogens with one attached hydrogen (secondary N) is 1. The van der Waals surface area contributed by atoms with Gasteiger partial charge in [-0.3, -0.25) is 14.3 Å². The minimum Gasteiger partial charge on any atom is -0.337 e. The Morgan fingerprint density at radius 1 is 1.25 bits per heavy atom. The van der Waals surface area contributed by atoms with Gasteiger partial charge in [-0.2, -0.15) is 0 Å². The zero-order valence-corrected chi connectivity index (χ0v) is 14.1. The molecule has 1 saturated carbocycles. The molecular weight excluding hydrogens is 304 g/mol. The smallest absolute Gasteiger partial charge is 0.326 e. The van der Waals surface area contributed by atoms with E-state index in [1.54, 1.807) is 4.57 Å². The third-order valence-corrected chi connectivity index (χ3v) is 5.27. The molecule has 1 aliphatic heterocycles. The second-order valence-electron chi connectivity index (χ2n) is 7.01. The number of piperazine rings is 1. The number of carbonyl (C=O) groups excluding carboxylic acids is 1. The number of hydrogen-bond acceptors (Lipinski definition) is 3. The fourth-order valence-electron chi connectivity index (χ4n) is 3.81. The molecule has 1 aliphatic carbocycles. The van der Waals surface area contributed by atoms with Crippen LogP contribution in [0.25, 0.3) is 11.0 Å². The number of aromatic nitrogens is 2. The van der Waals surface area contributed by atoms with Crippen LogP contribution in [0.15, 0.2) is 29.1 Å². The van der Waals surface area contributed by atoms with Crippen LogP contribution in [0.5, 0.6) is 0 Å². The lowest BCUT2D eigenvalue weighted by atomic mass is 10.1. The van der Waals surface area contributed by atoms with Gasteiger partial charge in [0.05, 0.1) is 11.0 Å². The van der Waals surface area contributed by atoms with Gasteiger partial charge in [0.25, 0.3) is 0 Å². The van der Waals surface area contributed by atoms with Crippen LogP contribution in [0.1, 0.15) is 26.2 Å². The number of fused-ring (bicyclic) bond motifs is 1. The zero-order chi connectivity index (χ0) is 16.7. The number of aryl methyl sites for hydroxylation is 1. The van der Waals surface area contributed by atoms with E-state index in [0.717, 1.165) is 36.7 Å². The minimum atomic E-state index is -0.143. The molecule has 6 heteroatoms. The van der Waals surface area contributed by atoms with Gasteiger partial charge in [-0.15, -0.1) is 0 Å². The summed E-state index contributed by atoms with van der Waals surface area (Å²) in [4.78, 5) is 32.1. The first-order chi connectivity index (χ1) is 11.6. The Kier molecular flexibility index (Phi) is 3.92. The lowest BCUT2D eigenvalue weighted by molar-refractivity contribution is -0.136. The summed E-state index contributed by atoms with van der Waals surface area (Å²) in [5, 5.41) is 0. The number of rotatable bonds is 4. The predicted molar refractivity (Wildman–Crippen MR) is 92.9 cm³/mol. The van der Waals surface area contributed by atoms with Crippen LogP contribution >= 0.6 is 0 Å². The molecule has 1 aromatic heterocycles. The van der Waals surface area contributed by atoms with Gasteiger partial charge < -0.3 is 9.88 Å². The third-order valence-electron chi connectivity index (χ3n) is 5.27. The summed E-state index contributed by atoms with van der Waals surface area (Å²) in [6.07, 6.45) is 2.99. The maximum Gasteiger partial charge on any atom is 0.326 e. The number of aromatic amines is 1. The summed E-state index contributed by atoms with van der Waals surface area (Å²) in [7, 11) is 0. The van der Waals surface area contributed by atoms with Crippen molar-refractivity contribution in [2.75, 3.05) is 19.6 Å². The summed E-state index contributed by atoms with van der Waals surface area (Å²) in [6, 6.07) is 8.62. The van der Waals surface area contributed by atoms with E-state index in [0.29, 0.717) is 13.0 Å². The van der Waals surface area contributed by atoms with Gasteiger partial charge >= 0.3 is 5.69 Å². The van der Waals surface area contributed by atoms with Crippen molar-refractivity contribution in [2.24, 2.45) is 0 Å². The van der Waals surface area contributed by atoms with E-state index in [-0.39, 0.29) is 17.6 Å². The van der Waals surface area contributed by atoms with E-state index in [4.69, 9.17) is 0 Å². The molecule has 0 bridgehead atoms. The number of imidazole rings is 1. The van der Waals surface area contributed by atoms with Gasteiger partial charge in [0, 0.05) is 44.7 Å². The largest absolute Gasteiger partial charge is 0.337 e. The molecule has 1 atom stereocenters. The van der Waals surface area contributed by atoms with Crippen molar-refractivity contribution in [1.29, 1.82) is 0 Å². The van der Waals surface area contributed by atoms with Gasteiger partial charge in [-0.1, -0.05) is 12.1 Å². The molecule has 1 saturated heterocycles. The molecule has 2 aromatic rings. The molecule has 4 rings (SSSR count). The Labute approximate surface area is 141 Å². The van der Waals surface area contributed by atoms with Crippen molar-refractivity contribution in [3.05, 3.63) is 34.7 Å². The fourth-order valence-corrected chi connectivity index (χ4v) is 3.81. The second kappa shape index (κ2) is 6.09. The van der Waals surface area contributed by atoms with E-state index < -0.39 is 0 Å². The van der Waals surface area contributed by atoms with E-state index >= 15 is 0 Å². The maximum atomic E-state index is 12.6. The number of carbonyl (C=O) groups is 1. The molecule has 1 aromatic carbocycles. The molecule has 0 radical (unpaired) electrons. The minimum absolute atomic E-state index is 0.143. The van der Waals surface area contributed by atoms with Crippen LogP contribution in [0.4, 0.5) is 0 Å². The van der Waals surface area contributed by atoms with E-state index in [2.05, 4.69) is 16.8 Å². The van der Waals surface area contributed by atoms with Gasteiger partial charge in [0.1, 0.15) is 0 Å². The van der Waals surface area contributed by atoms with Gasteiger partial charge in [-0.05, 0) is 31.9 Å². The topological polar surface area (TPSA) is 61.3 Å². The summed E-state index contributed by atoms with van der Waals surface area (Å²) in [5.41, 5.74) is 1.54. The van der Waals surface area contributed by atoms with Gasteiger partial charge in [0.2, 0.25) is 5.91 Å². The van der Waals surface area contributed by atoms with Crippen LogP contribution in [0.3, 0.4) is 0 Å². The van der Waals surface area contributed by atoms with Crippen LogP contribution in [0, 0.1) is 0 Å². The number of para-hydroxylation sites is 2. The number of amides is 1. The quantitative estimate of drug-likeness (QED) is 0.923. The van der Waals surface area contributed by atoms with E-state index in [1.807, 2.05) is 29.2 Å². The van der Waals surface area contributed by atoms with Crippen LogP contribution in [-0.2, 0) is 11.3 Å². The first-order valence-electron chi connectivity index (χ1n) is 8.84. The number of benzene rings is 1. The monoisotopic (exact) mass is 328 g/mol. The molecule has 2 fully saturated rings. The van der Waals surface area contributed by atoms with Crippen molar-refractivity contribution >= 4 is 16.9 Å². The van der Waals surface area contributed by atoms with Crippen molar-refractivity contribution < 1.29 is 4.79 Å². The molecule has 1 N–H and O–H groups in total. The maximum absolute atomic E-state index is 12.6. The Morgan fingerprint density at radius 2 is 2.04 bits per heavy atom. The second-order valence-corrected chi connectivity index (χ2v) is 7.01. The first-order valence-corrected chi connectivity index (χ1v) is 8.84. The average molecular weight is 328 g/mol. The van der Waals surface area contributed by atoms with Crippen molar-refractivity contribution in [2.45, 2.75) is 44.8 Å². The van der Waals surface area contributed by atoms with Crippen molar-refractivity contribution in [3.8, 4) is 0 Å². The zero-order valence-electron chi connectivity index (χ0n) is 14.1. The SMILES string of the molecule is CC1CN(C2CC2)CCN1C(=O)CCn1c(=O)[nH]c2ccccc21. The standard InChI is InChI=1S/C18H24N4O2/c1-13-12-20(14-6-7-14)10-11-21(13)17(23)8-9-22-16-5-3-2-4-15(16)19-18(22)24/h2-5,13-14H,6-12H2,1H3,(H,19,24). The van der Waals surface area contributed by atoms with Crippen molar-refractivity contribution in [1.82, 2.24) is 19.4 Å². The Morgan fingerprint density at radius 3 is 2.79 bits per heavy atom. The molecule has 2 heterocycles. The Balaban J connectivity index is 1.41. The van der Waals surface area contributed by atoms with E-state index in [9.17, 15) is 9.59 Å². The third kappa shape index (κ3) is 2.86. The predicted octanol–water partition coefficient (Wildman–Crippen LogP) is 1.41. The molecule has 1 unspecified atom stereocenters. The number of hydrogen-bond donors (Lipinski definition) is 1. The normalized spacial score (nSPS) is 22.2. The van der Waals surface area contributed by atoms with Crippen LogP contribution < -0.4 is 5.69 Å². The lowest BCUT2D eigenvalue weighted by Gasteiger charge is -2.40. The number of nitrogens with zero attached hydrogens (tertiary/aromatic N) is 3. The van der Waals surface area contributed by atoms with E-state index in [1.165, 1.54) is 12.8 Å². The molecule has 0 spiro atoms.